The molecule has 0 saturated heterocycles. The molecular formula is C15H19NOS2. The lowest BCUT2D eigenvalue weighted by molar-refractivity contribution is 0.282. The maximum Gasteiger partial charge on any atom is 0.103 e. The van der Waals surface area contributed by atoms with E-state index >= 15 is 0 Å². The number of aromatic nitrogens is 1. The lowest BCUT2D eigenvalue weighted by Crippen LogP contribution is -2.14. The minimum absolute atomic E-state index is 0.00970. The molecule has 2 nitrogen and oxygen atoms in total. The topological polar surface area (TPSA) is 33.1 Å². The third-order valence-corrected chi connectivity index (χ3v) is 4.95. The Morgan fingerprint density at radius 3 is 2.42 bits per heavy atom. The molecule has 0 spiro atoms. The van der Waals surface area contributed by atoms with Gasteiger partial charge in [0.1, 0.15) is 5.01 Å². The number of hydrogen-bond acceptors (Lipinski definition) is 4. The van der Waals surface area contributed by atoms with Gasteiger partial charge in [0.2, 0.25) is 0 Å². The SMILES string of the molecule is CC(C)(C)c1nc(CSc2ccccc2)sc1CO. The van der Waals surface area contributed by atoms with Crippen molar-refractivity contribution in [2.75, 3.05) is 0 Å². The molecule has 2 aromatic rings. The van der Waals surface area contributed by atoms with Crippen molar-refractivity contribution in [3.8, 4) is 0 Å². The molecule has 1 N–H and O–H groups in total. The molecule has 0 amide bonds. The fourth-order valence-corrected chi connectivity index (χ4v) is 3.87. The highest BCUT2D eigenvalue weighted by Crippen LogP contribution is 2.32. The van der Waals surface area contributed by atoms with Crippen LogP contribution in [0.25, 0.3) is 0 Å². The number of rotatable bonds is 4. The number of nitrogens with zero attached hydrogens (tertiary/aromatic N) is 1. The fourth-order valence-electron chi connectivity index (χ4n) is 1.82. The molecule has 1 aromatic heterocycles. The van der Waals surface area contributed by atoms with Crippen molar-refractivity contribution in [3.63, 3.8) is 0 Å². The van der Waals surface area contributed by atoms with Gasteiger partial charge >= 0.3 is 0 Å². The lowest BCUT2D eigenvalue weighted by atomic mass is 9.91. The average molecular weight is 293 g/mol. The van der Waals surface area contributed by atoms with Crippen LogP contribution in [0.4, 0.5) is 0 Å². The lowest BCUT2D eigenvalue weighted by Gasteiger charge is -2.16. The minimum Gasteiger partial charge on any atom is -0.391 e. The summed E-state index contributed by atoms with van der Waals surface area (Å²) in [5, 5.41) is 10.5. The van der Waals surface area contributed by atoms with Gasteiger partial charge in [0, 0.05) is 10.3 Å². The van der Waals surface area contributed by atoms with Crippen LogP contribution in [0.15, 0.2) is 35.2 Å². The second-order valence-electron chi connectivity index (χ2n) is 5.39. The van der Waals surface area contributed by atoms with E-state index in [9.17, 15) is 5.11 Å². The zero-order valence-corrected chi connectivity index (χ0v) is 13.1. The number of hydrogen-bond donors (Lipinski definition) is 1. The Morgan fingerprint density at radius 2 is 1.89 bits per heavy atom. The summed E-state index contributed by atoms with van der Waals surface area (Å²) in [5.41, 5.74) is 1.02. The molecule has 2 rings (SSSR count). The highest BCUT2D eigenvalue weighted by atomic mass is 32.2. The van der Waals surface area contributed by atoms with E-state index in [1.807, 2.05) is 18.2 Å². The molecule has 19 heavy (non-hydrogen) atoms. The predicted octanol–water partition coefficient (Wildman–Crippen LogP) is 4.23. The molecule has 0 saturated carbocycles. The average Bonchev–Trinajstić information content (AvgIpc) is 2.81. The van der Waals surface area contributed by atoms with Gasteiger partial charge in [0.25, 0.3) is 0 Å². The van der Waals surface area contributed by atoms with Gasteiger partial charge in [-0.05, 0) is 12.1 Å². The van der Waals surface area contributed by atoms with Crippen molar-refractivity contribution in [3.05, 3.63) is 45.9 Å². The van der Waals surface area contributed by atoms with Gasteiger partial charge in [-0.15, -0.1) is 23.1 Å². The van der Waals surface area contributed by atoms with Crippen molar-refractivity contribution < 1.29 is 5.11 Å². The van der Waals surface area contributed by atoms with E-state index in [0.29, 0.717) is 0 Å². The maximum atomic E-state index is 9.44. The normalized spacial score (nSPS) is 11.8. The Bertz CT molecular complexity index is 529. The molecule has 0 aliphatic heterocycles. The largest absolute Gasteiger partial charge is 0.391 e. The monoisotopic (exact) mass is 293 g/mol. The summed E-state index contributed by atoms with van der Waals surface area (Å²) in [6, 6.07) is 10.3. The van der Waals surface area contributed by atoms with E-state index in [4.69, 9.17) is 4.98 Å². The van der Waals surface area contributed by atoms with E-state index in [0.717, 1.165) is 21.3 Å². The fraction of sp³-hybridized carbons (Fsp3) is 0.400. The molecule has 1 aromatic carbocycles. The summed E-state index contributed by atoms with van der Waals surface area (Å²) in [7, 11) is 0. The molecule has 0 fully saturated rings. The van der Waals surface area contributed by atoms with E-state index in [2.05, 4.69) is 32.9 Å². The first kappa shape index (κ1) is 14.6. The first-order valence-corrected chi connectivity index (χ1v) is 8.08. The molecule has 0 atom stereocenters. The van der Waals surface area contributed by atoms with Gasteiger partial charge in [-0.25, -0.2) is 4.98 Å². The molecule has 0 aliphatic carbocycles. The van der Waals surface area contributed by atoms with Crippen molar-refractivity contribution in [1.29, 1.82) is 0 Å². The molecule has 1 heterocycles. The van der Waals surface area contributed by atoms with Crippen LogP contribution in [-0.4, -0.2) is 10.1 Å². The maximum absolute atomic E-state index is 9.44. The smallest absolute Gasteiger partial charge is 0.103 e. The molecule has 0 bridgehead atoms. The van der Waals surface area contributed by atoms with E-state index in [1.54, 1.807) is 23.1 Å². The molecule has 102 valence electrons. The van der Waals surface area contributed by atoms with E-state index < -0.39 is 0 Å². The number of thiazole rings is 1. The van der Waals surface area contributed by atoms with Crippen LogP contribution in [0.3, 0.4) is 0 Å². The number of aliphatic hydroxyl groups excluding tert-OH is 1. The molecule has 0 radical (unpaired) electrons. The van der Waals surface area contributed by atoms with Crippen LogP contribution >= 0.6 is 23.1 Å². The summed E-state index contributed by atoms with van der Waals surface area (Å²) < 4.78 is 0. The van der Waals surface area contributed by atoms with Gasteiger partial charge in [0.15, 0.2) is 0 Å². The Kier molecular flexibility index (Phi) is 4.66. The highest BCUT2D eigenvalue weighted by molar-refractivity contribution is 7.98. The molecule has 0 unspecified atom stereocenters. The van der Waals surface area contributed by atoms with Gasteiger partial charge in [-0.1, -0.05) is 39.0 Å². The summed E-state index contributed by atoms with van der Waals surface area (Å²) in [5.74, 6) is 0.859. The Hall–Kier alpha value is -0.840. The number of benzene rings is 1. The third kappa shape index (κ3) is 3.81. The predicted molar refractivity (Wildman–Crippen MR) is 82.7 cm³/mol. The zero-order chi connectivity index (χ0) is 13.9. The first-order chi connectivity index (χ1) is 9.00. The quantitative estimate of drug-likeness (QED) is 0.857. The van der Waals surface area contributed by atoms with Gasteiger partial charge in [-0.2, -0.15) is 0 Å². The number of aliphatic hydroxyl groups is 1. The number of thioether (sulfide) groups is 1. The molecule has 4 heteroatoms. The summed E-state index contributed by atoms with van der Waals surface area (Å²) in [6.07, 6.45) is 0. The van der Waals surface area contributed by atoms with Crippen LogP contribution in [-0.2, 0) is 17.8 Å². The standard InChI is InChI=1S/C15H19NOS2/c1-15(2,3)14-12(9-17)19-13(16-14)10-18-11-7-5-4-6-8-11/h4-8,17H,9-10H2,1-3H3. The third-order valence-electron chi connectivity index (χ3n) is 2.70. The second kappa shape index (κ2) is 6.07. The van der Waals surface area contributed by atoms with E-state index in [1.165, 1.54) is 4.90 Å². The first-order valence-electron chi connectivity index (χ1n) is 6.28. The van der Waals surface area contributed by atoms with Gasteiger partial charge < -0.3 is 5.11 Å². The van der Waals surface area contributed by atoms with Crippen LogP contribution in [0, 0.1) is 0 Å². The van der Waals surface area contributed by atoms with Crippen molar-refractivity contribution in [2.45, 2.75) is 43.4 Å². The van der Waals surface area contributed by atoms with Crippen LogP contribution in [0.1, 0.15) is 36.3 Å². The van der Waals surface area contributed by atoms with Crippen molar-refractivity contribution >= 4 is 23.1 Å². The Labute approximate surface area is 122 Å². The van der Waals surface area contributed by atoms with Crippen LogP contribution in [0.5, 0.6) is 0 Å². The zero-order valence-electron chi connectivity index (χ0n) is 11.5. The van der Waals surface area contributed by atoms with Crippen molar-refractivity contribution in [2.24, 2.45) is 0 Å². The second-order valence-corrected chi connectivity index (χ2v) is 7.61. The summed E-state index contributed by atoms with van der Waals surface area (Å²) in [6.45, 7) is 6.49. The molecule has 0 aliphatic rings. The van der Waals surface area contributed by atoms with Crippen LogP contribution in [0.2, 0.25) is 0 Å². The van der Waals surface area contributed by atoms with Crippen LogP contribution < -0.4 is 0 Å². The Morgan fingerprint density at radius 1 is 1.21 bits per heavy atom. The summed E-state index contributed by atoms with van der Waals surface area (Å²) in [4.78, 5) is 6.95. The van der Waals surface area contributed by atoms with Crippen molar-refractivity contribution in [1.82, 2.24) is 4.98 Å². The highest BCUT2D eigenvalue weighted by Gasteiger charge is 2.22. The van der Waals surface area contributed by atoms with E-state index in [-0.39, 0.29) is 12.0 Å². The van der Waals surface area contributed by atoms with Gasteiger partial charge in [0.05, 0.1) is 22.9 Å². The Balaban J connectivity index is 2.12. The minimum atomic E-state index is -0.00970. The molecular weight excluding hydrogens is 274 g/mol. The summed E-state index contributed by atoms with van der Waals surface area (Å²) >= 11 is 3.41. The van der Waals surface area contributed by atoms with Gasteiger partial charge in [-0.3, -0.25) is 0 Å².